The molecule has 3 nitrogen and oxygen atoms in total. The van der Waals surface area contributed by atoms with Gasteiger partial charge in [0.25, 0.3) is 0 Å². The third-order valence-electron chi connectivity index (χ3n) is 2.88. The van der Waals surface area contributed by atoms with E-state index in [1.54, 1.807) is 18.8 Å². The maximum atomic E-state index is 12.3. The van der Waals surface area contributed by atoms with Crippen LogP contribution in [0.25, 0.3) is 0 Å². The second-order valence-corrected chi connectivity index (χ2v) is 6.58. The highest BCUT2D eigenvalue weighted by Gasteiger charge is 2.31. The molecular weight excluding hydrogens is 297 g/mol. The summed E-state index contributed by atoms with van der Waals surface area (Å²) in [4.78, 5) is 3.83. The number of thioether (sulfide) groups is 2. The molecule has 1 saturated heterocycles. The quantitative estimate of drug-likeness (QED) is 0.796. The van der Waals surface area contributed by atoms with Crippen LogP contribution < -0.4 is 0 Å². The van der Waals surface area contributed by atoms with E-state index in [1.165, 1.54) is 10.8 Å². The summed E-state index contributed by atoms with van der Waals surface area (Å²) in [5.41, 5.74) is -3.47. The number of aromatic nitrogens is 2. The molecule has 2 rings (SSSR count). The lowest BCUT2D eigenvalue weighted by molar-refractivity contribution is -0.0332. The van der Waals surface area contributed by atoms with Crippen molar-refractivity contribution in [1.82, 2.24) is 9.55 Å². The summed E-state index contributed by atoms with van der Waals surface area (Å²) < 4.78 is 43.7. The summed E-state index contributed by atoms with van der Waals surface area (Å²) in [6.45, 7) is 1.55. The average Bonchev–Trinajstić information content (AvgIpc) is 2.68. The second kappa shape index (κ2) is 6.41. The number of hydrogen-bond donors (Lipinski definition) is 0. The number of ether oxygens (including phenoxy) is 1. The van der Waals surface area contributed by atoms with Gasteiger partial charge in [-0.25, -0.2) is 4.98 Å². The number of nitrogens with zero attached hydrogens (tertiary/aromatic N) is 2. The van der Waals surface area contributed by atoms with Crippen LogP contribution in [0.1, 0.15) is 18.5 Å². The topological polar surface area (TPSA) is 27.1 Å². The van der Waals surface area contributed by atoms with Gasteiger partial charge in [0.05, 0.1) is 6.20 Å². The Morgan fingerprint density at radius 1 is 1.42 bits per heavy atom. The van der Waals surface area contributed by atoms with Crippen molar-refractivity contribution in [3.63, 3.8) is 0 Å². The Hall–Kier alpha value is -0.340. The van der Waals surface area contributed by atoms with E-state index in [0.29, 0.717) is 11.0 Å². The van der Waals surface area contributed by atoms with Gasteiger partial charge in [0, 0.05) is 48.7 Å². The van der Waals surface area contributed by atoms with Crippen molar-refractivity contribution in [3.05, 3.63) is 11.9 Å². The van der Waals surface area contributed by atoms with Crippen molar-refractivity contribution in [2.45, 2.75) is 34.5 Å². The van der Waals surface area contributed by atoms with E-state index in [0.717, 1.165) is 31.7 Å². The summed E-state index contributed by atoms with van der Waals surface area (Å²) in [6, 6.07) is 0. The van der Waals surface area contributed by atoms with Gasteiger partial charge in [-0.1, -0.05) is 0 Å². The van der Waals surface area contributed by atoms with Crippen LogP contribution in [0.15, 0.2) is 11.4 Å². The molecule has 0 aromatic carbocycles. The van der Waals surface area contributed by atoms with Gasteiger partial charge in [0.2, 0.25) is 0 Å². The molecule has 1 aliphatic rings. The zero-order valence-electron chi connectivity index (χ0n) is 10.4. The summed E-state index contributed by atoms with van der Waals surface area (Å²) in [6.07, 6.45) is 3.54. The van der Waals surface area contributed by atoms with Gasteiger partial charge in [-0.2, -0.15) is 24.9 Å². The van der Waals surface area contributed by atoms with Gasteiger partial charge >= 0.3 is 5.51 Å². The van der Waals surface area contributed by atoms with Gasteiger partial charge in [0.1, 0.15) is 0 Å². The first kappa shape index (κ1) is 15.1. The minimum atomic E-state index is -4.29. The smallest absolute Gasteiger partial charge is 0.381 e. The molecule has 0 radical (unpaired) electrons. The van der Waals surface area contributed by atoms with E-state index in [2.05, 4.69) is 4.98 Å². The van der Waals surface area contributed by atoms with Crippen LogP contribution in [-0.4, -0.2) is 33.5 Å². The molecule has 1 aliphatic heterocycles. The first-order valence-corrected chi connectivity index (χ1v) is 7.78. The van der Waals surface area contributed by atoms with Crippen molar-refractivity contribution in [2.75, 3.05) is 13.2 Å². The molecule has 0 aliphatic carbocycles. The third kappa shape index (κ3) is 4.61. The molecule has 0 amide bonds. The van der Waals surface area contributed by atoms with E-state index in [4.69, 9.17) is 4.74 Å². The van der Waals surface area contributed by atoms with Crippen LogP contribution in [0.2, 0.25) is 0 Å². The summed E-state index contributed by atoms with van der Waals surface area (Å²) >= 11 is 1.60. The molecule has 108 valence electrons. The second-order valence-electron chi connectivity index (χ2n) is 4.26. The van der Waals surface area contributed by atoms with Crippen LogP contribution in [0.5, 0.6) is 0 Å². The number of rotatable bonds is 4. The van der Waals surface area contributed by atoms with Crippen molar-refractivity contribution >= 4 is 23.5 Å². The third-order valence-corrected chi connectivity index (χ3v) is 5.08. The molecule has 1 aromatic rings. The lowest BCUT2D eigenvalue weighted by Gasteiger charge is -2.21. The first-order chi connectivity index (χ1) is 8.96. The Morgan fingerprint density at radius 2 is 2.11 bits per heavy atom. The van der Waals surface area contributed by atoms with E-state index in [9.17, 15) is 13.2 Å². The Kier molecular flexibility index (Phi) is 5.08. The van der Waals surface area contributed by atoms with Crippen molar-refractivity contribution in [2.24, 2.45) is 7.05 Å². The van der Waals surface area contributed by atoms with Crippen molar-refractivity contribution < 1.29 is 17.9 Å². The lowest BCUT2D eigenvalue weighted by atomic mass is 10.2. The minimum Gasteiger partial charge on any atom is -0.381 e. The molecule has 2 heterocycles. The number of imidazole rings is 1. The van der Waals surface area contributed by atoms with Gasteiger partial charge < -0.3 is 9.30 Å². The fraction of sp³-hybridized carbons (Fsp3) is 0.727. The highest BCUT2D eigenvalue weighted by Crippen LogP contribution is 2.36. The number of halogens is 3. The molecule has 0 bridgehead atoms. The zero-order chi connectivity index (χ0) is 13.9. The standard InChI is InChI=1S/C11H15F3N2OS2/c1-16-8(6-15-10(16)19-11(12,13)14)7-18-9-2-4-17-5-3-9/h6,9H,2-5,7H2,1H3. The normalized spacial score (nSPS) is 17.9. The van der Waals surface area contributed by atoms with Crippen LogP contribution in [0.3, 0.4) is 0 Å². The van der Waals surface area contributed by atoms with Crippen molar-refractivity contribution in [1.29, 1.82) is 0 Å². The molecule has 1 fully saturated rings. The van der Waals surface area contributed by atoms with Crippen LogP contribution in [0, 0.1) is 0 Å². The highest BCUT2D eigenvalue weighted by molar-refractivity contribution is 8.00. The largest absolute Gasteiger partial charge is 0.449 e. The SMILES string of the molecule is Cn1c(CSC2CCOCC2)cnc1SC(F)(F)F. The Bertz CT molecular complexity index is 417. The molecule has 0 saturated carbocycles. The molecular formula is C11H15F3N2OS2. The van der Waals surface area contributed by atoms with E-state index >= 15 is 0 Å². The van der Waals surface area contributed by atoms with Crippen LogP contribution in [-0.2, 0) is 17.5 Å². The first-order valence-electron chi connectivity index (χ1n) is 5.91. The van der Waals surface area contributed by atoms with E-state index in [-0.39, 0.29) is 16.9 Å². The van der Waals surface area contributed by atoms with Gasteiger partial charge in [-0.15, -0.1) is 0 Å². The summed E-state index contributed by atoms with van der Waals surface area (Å²) in [7, 11) is 1.63. The van der Waals surface area contributed by atoms with Gasteiger partial charge in [-0.05, 0) is 12.8 Å². The molecule has 1 aromatic heterocycles. The monoisotopic (exact) mass is 312 g/mol. The van der Waals surface area contributed by atoms with E-state index in [1.807, 2.05) is 0 Å². The Labute approximate surface area is 118 Å². The van der Waals surface area contributed by atoms with Crippen molar-refractivity contribution in [3.8, 4) is 0 Å². The molecule has 0 N–H and O–H groups in total. The molecule has 19 heavy (non-hydrogen) atoms. The van der Waals surface area contributed by atoms with E-state index < -0.39 is 5.51 Å². The maximum absolute atomic E-state index is 12.3. The minimum absolute atomic E-state index is 0.00456. The molecule has 8 heteroatoms. The van der Waals surface area contributed by atoms with Crippen LogP contribution in [0.4, 0.5) is 13.2 Å². The fourth-order valence-electron chi connectivity index (χ4n) is 1.80. The summed E-state index contributed by atoms with van der Waals surface area (Å²) in [5.74, 6) is 0.687. The fourth-order valence-corrected chi connectivity index (χ4v) is 3.57. The van der Waals surface area contributed by atoms with Gasteiger partial charge in [-0.3, -0.25) is 0 Å². The molecule has 0 spiro atoms. The summed E-state index contributed by atoms with van der Waals surface area (Å²) in [5, 5.41) is 0.525. The highest BCUT2D eigenvalue weighted by atomic mass is 32.2. The predicted octanol–water partition coefficient (Wildman–Crippen LogP) is 3.44. The van der Waals surface area contributed by atoms with Crippen LogP contribution >= 0.6 is 23.5 Å². The zero-order valence-corrected chi connectivity index (χ0v) is 12.1. The average molecular weight is 312 g/mol. The molecule has 0 atom stereocenters. The number of hydrogen-bond acceptors (Lipinski definition) is 4. The predicted molar refractivity (Wildman–Crippen MR) is 70.3 cm³/mol. The van der Waals surface area contributed by atoms with Gasteiger partial charge in [0.15, 0.2) is 5.16 Å². The number of alkyl halides is 3. The molecule has 0 unspecified atom stereocenters. The Morgan fingerprint density at radius 3 is 2.74 bits per heavy atom. The Balaban J connectivity index is 1.90. The lowest BCUT2D eigenvalue weighted by Crippen LogP contribution is -2.17. The maximum Gasteiger partial charge on any atom is 0.449 e.